The van der Waals surface area contributed by atoms with Crippen molar-refractivity contribution in [3.05, 3.63) is 12.7 Å². The van der Waals surface area contributed by atoms with Gasteiger partial charge < -0.3 is 28.4 Å². The van der Waals surface area contributed by atoms with Crippen molar-refractivity contribution in [1.82, 2.24) is 0 Å². The van der Waals surface area contributed by atoms with E-state index in [1.165, 1.54) is 13.0 Å². The summed E-state index contributed by atoms with van der Waals surface area (Å²) in [6.45, 7) is 7.90. The highest BCUT2D eigenvalue weighted by Crippen LogP contribution is 2.29. The van der Waals surface area contributed by atoms with E-state index in [0.29, 0.717) is 0 Å². The second kappa shape index (κ2) is 10.6. The van der Waals surface area contributed by atoms with Crippen LogP contribution in [-0.2, 0) is 47.6 Å². The Morgan fingerprint density at radius 3 is 1.85 bits per heavy atom. The molecule has 0 amide bonds. The first-order valence-electron chi connectivity index (χ1n) is 8.18. The Hall–Kier alpha value is -2.46. The fraction of sp³-hybridized carbons (Fsp3) is 0.647. The number of rotatable bonds is 8. The first-order valence-corrected chi connectivity index (χ1v) is 8.18. The van der Waals surface area contributed by atoms with Gasteiger partial charge in [0, 0.05) is 27.7 Å². The van der Waals surface area contributed by atoms with Crippen LogP contribution in [0.5, 0.6) is 0 Å². The van der Waals surface area contributed by atoms with Gasteiger partial charge >= 0.3 is 23.9 Å². The van der Waals surface area contributed by atoms with Crippen LogP contribution in [0.4, 0.5) is 0 Å². The zero-order valence-corrected chi connectivity index (χ0v) is 15.7. The molecule has 0 spiro atoms. The molecule has 10 heteroatoms. The van der Waals surface area contributed by atoms with E-state index in [2.05, 4.69) is 6.58 Å². The molecule has 10 nitrogen and oxygen atoms in total. The lowest BCUT2D eigenvalue weighted by molar-refractivity contribution is -0.305. The molecular formula is C17H24O10. The van der Waals surface area contributed by atoms with Gasteiger partial charge in [0.15, 0.2) is 24.6 Å². The van der Waals surface area contributed by atoms with Crippen LogP contribution in [0, 0.1) is 0 Å². The summed E-state index contributed by atoms with van der Waals surface area (Å²) in [4.78, 5) is 45.8. The quantitative estimate of drug-likeness (QED) is 0.325. The number of carbonyl (C=O) groups is 4. The van der Waals surface area contributed by atoms with Gasteiger partial charge in [0.05, 0.1) is 6.61 Å². The zero-order valence-electron chi connectivity index (χ0n) is 15.7. The molecule has 0 saturated carbocycles. The van der Waals surface area contributed by atoms with Crippen molar-refractivity contribution in [1.29, 1.82) is 0 Å². The van der Waals surface area contributed by atoms with Gasteiger partial charge in [0.1, 0.15) is 12.7 Å². The van der Waals surface area contributed by atoms with Crippen molar-refractivity contribution in [3.63, 3.8) is 0 Å². The lowest BCUT2D eigenvalue weighted by Gasteiger charge is -2.43. The number of hydrogen-bond donors (Lipinski definition) is 0. The molecule has 0 bridgehead atoms. The highest BCUT2D eigenvalue weighted by atomic mass is 16.7. The van der Waals surface area contributed by atoms with Gasteiger partial charge in [-0.25, -0.2) is 0 Å². The maximum atomic E-state index is 11.6. The van der Waals surface area contributed by atoms with Crippen LogP contribution in [0.25, 0.3) is 0 Å². The molecule has 27 heavy (non-hydrogen) atoms. The predicted molar refractivity (Wildman–Crippen MR) is 88.1 cm³/mol. The van der Waals surface area contributed by atoms with E-state index < -0.39 is 54.6 Å². The normalized spacial score (nSPS) is 27.2. The van der Waals surface area contributed by atoms with Crippen LogP contribution in [0.3, 0.4) is 0 Å². The molecular weight excluding hydrogens is 364 g/mol. The van der Waals surface area contributed by atoms with E-state index in [-0.39, 0.29) is 13.2 Å². The van der Waals surface area contributed by atoms with Crippen LogP contribution in [0.1, 0.15) is 27.7 Å². The molecule has 5 atom stereocenters. The smallest absolute Gasteiger partial charge is 0.303 e. The fourth-order valence-electron chi connectivity index (χ4n) is 2.49. The van der Waals surface area contributed by atoms with E-state index >= 15 is 0 Å². The minimum absolute atomic E-state index is 0.0355. The summed E-state index contributed by atoms with van der Waals surface area (Å²) in [6, 6.07) is 0. The Kier molecular flexibility index (Phi) is 8.89. The Labute approximate surface area is 156 Å². The van der Waals surface area contributed by atoms with E-state index in [1.807, 2.05) is 0 Å². The monoisotopic (exact) mass is 388 g/mol. The Morgan fingerprint density at radius 2 is 1.37 bits per heavy atom. The van der Waals surface area contributed by atoms with Gasteiger partial charge in [-0.05, 0) is 0 Å². The Balaban J connectivity index is 3.24. The van der Waals surface area contributed by atoms with Crippen molar-refractivity contribution in [2.75, 3.05) is 13.2 Å². The highest BCUT2D eigenvalue weighted by molar-refractivity contribution is 5.68. The first kappa shape index (κ1) is 22.6. The second-order valence-corrected chi connectivity index (χ2v) is 5.69. The first-order chi connectivity index (χ1) is 12.6. The van der Waals surface area contributed by atoms with Gasteiger partial charge in [0.2, 0.25) is 0 Å². The molecule has 0 aromatic carbocycles. The topological polar surface area (TPSA) is 124 Å². The molecule has 1 fully saturated rings. The Morgan fingerprint density at radius 1 is 0.852 bits per heavy atom. The van der Waals surface area contributed by atoms with E-state index in [0.717, 1.165) is 20.8 Å². The summed E-state index contributed by atoms with van der Waals surface area (Å²) in [6.07, 6.45) is -4.41. The van der Waals surface area contributed by atoms with Crippen molar-refractivity contribution in [2.24, 2.45) is 0 Å². The fourth-order valence-corrected chi connectivity index (χ4v) is 2.49. The van der Waals surface area contributed by atoms with E-state index in [1.54, 1.807) is 0 Å². The number of carbonyl (C=O) groups excluding carboxylic acids is 4. The lowest BCUT2D eigenvalue weighted by Crippen LogP contribution is -2.62. The third kappa shape index (κ3) is 7.35. The molecule has 1 saturated heterocycles. The molecule has 1 aliphatic heterocycles. The van der Waals surface area contributed by atoms with Gasteiger partial charge in [-0.3, -0.25) is 19.2 Å². The van der Waals surface area contributed by atoms with E-state index in [4.69, 9.17) is 28.4 Å². The third-order valence-corrected chi connectivity index (χ3v) is 3.33. The average Bonchev–Trinajstić information content (AvgIpc) is 2.54. The van der Waals surface area contributed by atoms with Crippen molar-refractivity contribution < 1.29 is 47.6 Å². The lowest BCUT2D eigenvalue weighted by atomic mass is 9.98. The van der Waals surface area contributed by atoms with Crippen LogP contribution in [0.2, 0.25) is 0 Å². The highest BCUT2D eigenvalue weighted by Gasteiger charge is 2.52. The van der Waals surface area contributed by atoms with Gasteiger partial charge in [-0.15, -0.1) is 6.58 Å². The summed E-state index contributed by atoms with van der Waals surface area (Å²) in [7, 11) is 0. The van der Waals surface area contributed by atoms with Crippen LogP contribution in [-0.4, -0.2) is 67.8 Å². The summed E-state index contributed by atoms with van der Waals surface area (Å²) in [5, 5.41) is 0. The minimum atomic E-state index is -1.24. The molecule has 1 heterocycles. The Bertz CT molecular complexity index is 572. The van der Waals surface area contributed by atoms with Crippen LogP contribution >= 0.6 is 0 Å². The van der Waals surface area contributed by atoms with Gasteiger partial charge in [0.25, 0.3) is 0 Å². The zero-order chi connectivity index (χ0) is 20.6. The summed E-state index contributed by atoms with van der Waals surface area (Å²) < 4.78 is 31.7. The number of ether oxygens (including phenoxy) is 6. The van der Waals surface area contributed by atoms with Gasteiger partial charge in [-0.1, -0.05) is 6.08 Å². The molecule has 0 aliphatic carbocycles. The van der Waals surface area contributed by atoms with Crippen molar-refractivity contribution in [2.45, 2.75) is 58.4 Å². The molecule has 0 N–H and O–H groups in total. The molecule has 2 unspecified atom stereocenters. The predicted octanol–water partition coefficient (Wildman–Crippen LogP) is 0.272. The average molecular weight is 388 g/mol. The maximum absolute atomic E-state index is 11.6. The standard InChI is InChI=1S/C17H24O10/c1-6-7-22-17-16(26-12(5)21)15(25-11(4)20)14(24-10(3)19)13(27-17)8-23-9(2)18/h6,13-17H,1,7-8H2,2-5H3/t13?,14-,15+,16?,17-/m1/s1. The molecule has 0 aromatic rings. The molecule has 152 valence electrons. The van der Waals surface area contributed by atoms with Crippen molar-refractivity contribution >= 4 is 23.9 Å². The summed E-state index contributed by atoms with van der Waals surface area (Å²) in [5.41, 5.74) is 0. The summed E-state index contributed by atoms with van der Waals surface area (Å²) in [5.74, 6) is -2.67. The molecule has 1 rings (SSSR count). The molecule has 0 radical (unpaired) electrons. The van der Waals surface area contributed by atoms with Crippen LogP contribution < -0.4 is 0 Å². The van der Waals surface area contributed by atoms with E-state index in [9.17, 15) is 19.2 Å². The maximum Gasteiger partial charge on any atom is 0.303 e. The SMILES string of the molecule is C=CCO[C@@H]1OC(COC(C)=O)[C@@H](OC(C)=O)[C@H](OC(C)=O)C1OC(C)=O. The van der Waals surface area contributed by atoms with Gasteiger partial charge in [-0.2, -0.15) is 0 Å². The molecule has 1 aliphatic rings. The van der Waals surface area contributed by atoms with Crippen LogP contribution in [0.15, 0.2) is 12.7 Å². The largest absolute Gasteiger partial charge is 0.463 e. The molecule has 0 aromatic heterocycles. The third-order valence-electron chi connectivity index (χ3n) is 3.33. The second-order valence-electron chi connectivity index (χ2n) is 5.69. The van der Waals surface area contributed by atoms with Crippen molar-refractivity contribution in [3.8, 4) is 0 Å². The number of hydrogen-bond acceptors (Lipinski definition) is 10. The summed E-state index contributed by atoms with van der Waals surface area (Å²) >= 11 is 0. The number of esters is 4. The minimum Gasteiger partial charge on any atom is -0.463 e.